The van der Waals surface area contributed by atoms with Gasteiger partial charge >= 0.3 is 0 Å². The lowest BCUT2D eigenvalue weighted by atomic mass is 9.93. The standard InChI is InChI=1S/C23H34N2O4/c1-2-21(18-7-4-3-5-8-18)23(27)25-13-10-19(11-14-25)24-22(26)12-16-28-17-20-9-6-15-29-20/h3-5,7-8,19-21H,2,6,9-17H2,1H3,(H,24,26). The number of rotatable bonds is 9. The van der Waals surface area contributed by atoms with Crippen LogP contribution in [0.1, 0.15) is 56.9 Å². The van der Waals surface area contributed by atoms with Crippen molar-refractivity contribution in [2.75, 3.05) is 32.9 Å². The first-order valence-corrected chi connectivity index (χ1v) is 11.0. The highest BCUT2D eigenvalue weighted by Crippen LogP contribution is 2.24. The Bertz CT molecular complexity index is 638. The third kappa shape index (κ3) is 6.54. The van der Waals surface area contributed by atoms with Crippen LogP contribution in [0.15, 0.2) is 30.3 Å². The number of likely N-dealkylation sites (tertiary alicyclic amines) is 1. The molecular formula is C23H34N2O4. The summed E-state index contributed by atoms with van der Waals surface area (Å²) in [6.07, 6.45) is 5.12. The third-order valence-electron chi connectivity index (χ3n) is 5.88. The summed E-state index contributed by atoms with van der Waals surface area (Å²) in [6.45, 7) is 5.28. The number of carbonyl (C=O) groups excluding carboxylic acids is 2. The minimum absolute atomic E-state index is 0.0258. The average Bonchev–Trinajstić information content (AvgIpc) is 3.27. The molecule has 1 aromatic carbocycles. The fraction of sp³-hybridized carbons (Fsp3) is 0.652. The lowest BCUT2D eigenvalue weighted by Crippen LogP contribution is -2.47. The summed E-state index contributed by atoms with van der Waals surface area (Å²) >= 11 is 0. The Morgan fingerprint density at radius 2 is 1.97 bits per heavy atom. The second-order valence-corrected chi connectivity index (χ2v) is 8.00. The molecule has 0 radical (unpaired) electrons. The predicted octanol–water partition coefficient (Wildman–Crippen LogP) is 2.87. The predicted molar refractivity (Wildman–Crippen MR) is 112 cm³/mol. The molecule has 6 nitrogen and oxygen atoms in total. The zero-order valence-corrected chi connectivity index (χ0v) is 17.5. The van der Waals surface area contributed by atoms with E-state index in [0.717, 1.165) is 44.3 Å². The molecule has 2 saturated heterocycles. The van der Waals surface area contributed by atoms with E-state index in [4.69, 9.17) is 9.47 Å². The van der Waals surface area contributed by atoms with Crippen molar-refractivity contribution in [2.24, 2.45) is 0 Å². The topological polar surface area (TPSA) is 67.9 Å². The number of hydrogen-bond donors (Lipinski definition) is 1. The Kier molecular flexibility index (Phi) is 8.50. The molecule has 0 aromatic heterocycles. The molecular weight excluding hydrogens is 368 g/mol. The van der Waals surface area contributed by atoms with Crippen molar-refractivity contribution in [3.8, 4) is 0 Å². The van der Waals surface area contributed by atoms with Gasteiger partial charge < -0.3 is 19.7 Å². The molecule has 1 aromatic rings. The van der Waals surface area contributed by atoms with E-state index in [0.29, 0.717) is 32.7 Å². The molecule has 2 fully saturated rings. The SMILES string of the molecule is CCC(C(=O)N1CCC(NC(=O)CCOCC2CCCO2)CC1)c1ccccc1. The van der Waals surface area contributed by atoms with Gasteiger partial charge in [-0.2, -0.15) is 0 Å². The molecule has 3 rings (SSSR count). The Morgan fingerprint density at radius 3 is 2.62 bits per heavy atom. The van der Waals surface area contributed by atoms with E-state index in [1.54, 1.807) is 0 Å². The number of benzene rings is 1. The minimum atomic E-state index is -0.0802. The van der Waals surface area contributed by atoms with Crippen LogP contribution in [0.2, 0.25) is 0 Å². The number of hydrogen-bond acceptors (Lipinski definition) is 4. The van der Waals surface area contributed by atoms with Crippen molar-refractivity contribution < 1.29 is 19.1 Å². The van der Waals surface area contributed by atoms with Crippen LogP contribution in [0.4, 0.5) is 0 Å². The Morgan fingerprint density at radius 1 is 1.21 bits per heavy atom. The van der Waals surface area contributed by atoms with Crippen molar-refractivity contribution in [3.05, 3.63) is 35.9 Å². The third-order valence-corrected chi connectivity index (χ3v) is 5.88. The van der Waals surface area contributed by atoms with E-state index in [-0.39, 0.29) is 29.9 Å². The quantitative estimate of drug-likeness (QED) is 0.645. The highest BCUT2D eigenvalue weighted by atomic mass is 16.5. The van der Waals surface area contributed by atoms with Gasteiger partial charge in [0.25, 0.3) is 0 Å². The maximum Gasteiger partial charge on any atom is 0.230 e. The van der Waals surface area contributed by atoms with E-state index >= 15 is 0 Å². The highest BCUT2D eigenvalue weighted by Gasteiger charge is 2.28. The largest absolute Gasteiger partial charge is 0.378 e. The molecule has 29 heavy (non-hydrogen) atoms. The molecule has 2 unspecified atom stereocenters. The van der Waals surface area contributed by atoms with Crippen LogP contribution in [0.25, 0.3) is 0 Å². The molecule has 2 amide bonds. The summed E-state index contributed by atoms with van der Waals surface area (Å²) < 4.78 is 11.1. The summed E-state index contributed by atoms with van der Waals surface area (Å²) in [6, 6.07) is 10.1. The molecule has 0 aliphatic carbocycles. The van der Waals surface area contributed by atoms with E-state index < -0.39 is 0 Å². The molecule has 2 atom stereocenters. The van der Waals surface area contributed by atoms with Gasteiger partial charge in [0.2, 0.25) is 11.8 Å². The van der Waals surface area contributed by atoms with Crippen LogP contribution in [-0.4, -0.2) is 61.8 Å². The first kappa shape index (κ1) is 21.8. The summed E-state index contributed by atoms with van der Waals surface area (Å²) in [7, 11) is 0. The summed E-state index contributed by atoms with van der Waals surface area (Å²) in [5.74, 6) is 0.146. The Balaban J connectivity index is 1.35. The zero-order valence-electron chi connectivity index (χ0n) is 17.5. The molecule has 0 spiro atoms. The number of piperidine rings is 1. The van der Waals surface area contributed by atoms with Gasteiger partial charge in [0.05, 0.1) is 25.2 Å². The lowest BCUT2D eigenvalue weighted by molar-refractivity contribution is -0.134. The molecule has 160 valence electrons. The fourth-order valence-electron chi connectivity index (χ4n) is 4.16. The van der Waals surface area contributed by atoms with Crippen LogP contribution in [-0.2, 0) is 19.1 Å². The normalized spacial score (nSPS) is 21.1. The Labute approximate surface area is 173 Å². The molecule has 0 bridgehead atoms. The number of carbonyl (C=O) groups is 2. The molecule has 1 N–H and O–H groups in total. The van der Waals surface area contributed by atoms with Gasteiger partial charge in [-0.15, -0.1) is 0 Å². The molecule has 0 saturated carbocycles. The summed E-state index contributed by atoms with van der Waals surface area (Å²) in [5, 5.41) is 3.09. The van der Waals surface area contributed by atoms with Gasteiger partial charge in [-0.25, -0.2) is 0 Å². The zero-order chi connectivity index (χ0) is 20.5. The van der Waals surface area contributed by atoms with Gasteiger partial charge in [0.1, 0.15) is 0 Å². The van der Waals surface area contributed by atoms with E-state index in [1.807, 2.05) is 35.2 Å². The van der Waals surface area contributed by atoms with E-state index in [2.05, 4.69) is 12.2 Å². The van der Waals surface area contributed by atoms with Crippen LogP contribution < -0.4 is 5.32 Å². The first-order valence-electron chi connectivity index (χ1n) is 11.0. The Hall–Kier alpha value is -1.92. The van der Waals surface area contributed by atoms with Crippen LogP contribution in [0.5, 0.6) is 0 Å². The van der Waals surface area contributed by atoms with Gasteiger partial charge in [0.15, 0.2) is 0 Å². The smallest absolute Gasteiger partial charge is 0.230 e. The minimum Gasteiger partial charge on any atom is -0.378 e. The van der Waals surface area contributed by atoms with Crippen LogP contribution in [0.3, 0.4) is 0 Å². The van der Waals surface area contributed by atoms with Crippen LogP contribution >= 0.6 is 0 Å². The average molecular weight is 403 g/mol. The van der Waals surface area contributed by atoms with Crippen molar-refractivity contribution >= 4 is 11.8 Å². The molecule has 2 heterocycles. The van der Waals surface area contributed by atoms with Gasteiger partial charge in [-0.3, -0.25) is 9.59 Å². The maximum absolute atomic E-state index is 13.0. The lowest BCUT2D eigenvalue weighted by Gasteiger charge is -2.34. The number of nitrogens with one attached hydrogen (secondary N) is 1. The number of ether oxygens (including phenoxy) is 2. The monoisotopic (exact) mass is 402 g/mol. The second kappa shape index (κ2) is 11.3. The number of amides is 2. The van der Waals surface area contributed by atoms with Gasteiger partial charge in [-0.1, -0.05) is 37.3 Å². The van der Waals surface area contributed by atoms with Gasteiger partial charge in [-0.05, 0) is 37.7 Å². The van der Waals surface area contributed by atoms with Crippen molar-refractivity contribution in [2.45, 2.75) is 63.5 Å². The van der Waals surface area contributed by atoms with Crippen LogP contribution in [0, 0.1) is 0 Å². The van der Waals surface area contributed by atoms with Crippen molar-refractivity contribution in [3.63, 3.8) is 0 Å². The molecule has 2 aliphatic rings. The maximum atomic E-state index is 13.0. The molecule has 6 heteroatoms. The first-order chi connectivity index (χ1) is 14.2. The highest BCUT2D eigenvalue weighted by molar-refractivity contribution is 5.84. The fourth-order valence-corrected chi connectivity index (χ4v) is 4.16. The van der Waals surface area contributed by atoms with Crippen molar-refractivity contribution in [1.29, 1.82) is 0 Å². The summed E-state index contributed by atoms with van der Waals surface area (Å²) in [4.78, 5) is 27.1. The molecule has 2 aliphatic heterocycles. The van der Waals surface area contributed by atoms with E-state index in [1.165, 1.54) is 0 Å². The number of nitrogens with zero attached hydrogens (tertiary/aromatic N) is 1. The summed E-state index contributed by atoms with van der Waals surface area (Å²) in [5.41, 5.74) is 1.08. The van der Waals surface area contributed by atoms with Gasteiger partial charge in [0, 0.05) is 32.2 Å². The van der Waals surface area contributed by atoms with E-state index in [9.17, 15) is 9.59 Å². The second-order valence-electron chi connectivity index (χ2n) is 8.00. The van der Waals surface area contributed by atoms with Crippen molar-refractivity contribution in [1.82, 2.24) is 10.2 Å².